The SMILES string of the molecule is CC(C)c1cn[nH]ccc(N)nc1NCc1ccccc1F.CCC. The second-order valence-electron chi connectivity index (χ2n) is 5.87. The maximum atomic E-state index is 13.7. The van der Waals surface area contributed by atoms with Crippen LogP contribution in [-0.4, -0.2) is 15.2 Å². The van der Waals surface area contributed by atoms with Gasteiger partial charge in [-0.15, -0.1) is 0 Å². The number of nitrogens with two attached hydrogens (primary N) is 1. The van der Waals surface area contributed by atoms with Crippen molar-refractivity contribution in [1.29, 1.82) is 0 Å². The number of nitrogens with one attached hydrogen (secondary N) is 2. The molecule has 0 spiro atoms. The quantitative estimate of drug-likeness (QED) is 0.743. The Hall–Kier alpha value is -2.63. The van der Waals surface area contributed by atoms with E-state index < -0.39 is 0 Å². The van der Waals surface area contributed by atoms with E-state index in [-0.39, 0.29) is 11.7 Å². The van der Waals surface area contributed by atoms with Gasteiger partial charge < -0.3 is 11.1 Å². The molecular formula is C19H28FN5. The Balaban J connectivity index is 0.000000970. The van der Waals surface area contributed by atoms with Gasteiger partial charge in [-0.05, 0) is 18.1 Å². The van der Waals surface area contributed by atoms with E-state index >= 15 is 0 Å². The summed E-state index contributed by atoms with van der Waals surface area (Å²) in [6.07, 6.45) is 4.55. The molecule has 0 unspecified atom stereocenters. The van der Waals surface area contributed by atoms with Crippen LogP contribution >= 0.6 is 0 Å². The van der Waals surface area contributed by atoms with Crippen molar-refractivity contribution in [2.24, 2.45) is 0 Å². The molecule has 0 saturated carbocycles. The van der Waals surface area contributed by atoms with Crippen molar-refractivity contribution in [1.82, 2.24) is 15.2 Å². The molecular weight excluding hydrogens is 317 g/mol. The molecule has 136 valence electrons. The molecule has 0 amide bonds. The zero-order valence-corrected chi connectivity index (χ0v) is 15.4. The Bertz CT molecular complexity index is 696. The van der Waals surface area contributed by atoms with Gasteiger partial charge in [0.1, 0.15) is 17.5 Å². The van der Waals surface area contributed by atoms with Crippen LogP contribution in [0.2, 0.25) is 0 Å². The Morgan fingerprint density at radius 3 is 2.52 bits per heavy atom. The van der Waals surface area contributed by atoms with Gasteiger partial charge in [-0.3, -0.25) is 5.10 Å². The second kappa shape index (κ2) is 11.0. The minimum atomic E-state index is -0.253. The fraction of sp³-hybridized carbons (Fsp3) is 0.368. The van der Waals surface area contributed by atoms with Gasteiger partial charge in [0.15, 0.2) is 0 Å². The van der Waals surface area contributed by atoms with E-state index in [0.29, 0.717) is 23.7 Å². The smallest absolute Gasteiger partial charge is 0.133 e. The highest BCUT2D eigenvalue weighted by Crippen LogP contribution is 2.21. The first kappa shape index (κ1) is 20.4. The predicted octanol–water partition coefficient (Wildman–Crippen LogP) is 4.80. The molecule has 25 heavy (non-hydrogen) atoms. The first-order chi connectivity index (χ1) is 12.0. The van der Waals surface area contributed by atoms with Crippen LogP contribution in [0.3, 0.4) is 0 Å². The lowest BCUT2D eigenvalue weighted by molar-refractivity contribution is 0.613. The number of H-pyrrole nitrogens is 1. The summed E-state index contributed by atoms with van der Waals surface area (Å²) in [5.41, 5.74) is 7.30. The first-order valence-corrected chi connectivity index (χ1v) is 8.50. The molecule has 0 saturated heterocycles. The van der Waals surface area contributed by atoms with E-state index in [1.807, 2.05) is 13.8 Å². The van der Waals surface area contributed by atoms with Crippen molar-refractivity contribution in [3.8, 4) is 0 Å². The van der Waals surface area contributed by atoms with Crippen LogP contribution in [0.1, 0.15) is 51.2 Å². The van der Waals surface area contributed by atoms with Crippen molar-refractivity contribution in [3.05, 3.63) is 59.7 Å². The van der Waals surface area contributed by atoms with E-state index in [1.54, 1.807) is 36.7 Å². The van der Waals surface area contributed by atoms with Gasteiger partial charge in [-0.25, -0.2) is 9.37 Å². The number of halogens is 1. The minimum Gasteiger partial charge on any atom is -0.384 e. The van der Waals surface area contributed by atoms with E-state index in [2.05, 4.69) is 34.3 Å². The second-order valence-corrected chi connectivity index (χ2v) is 5.87. The Labute approximate surface area is 149 Å². The molecule has 0 aliphatic rings. The van der Waals surface area contributed by atoms with Crippen molar-refractivity contribution in [2.75, 3.05) is 11.1 Å². The van der Waals surface area contributed by atoms with Gasteiger partial charge in [0.05, 0.1) is 6.20 Å². The molecule has 4 N–H and O–H groups in total. The van der Waals surface area contributed by atoms with Crippen LogP contribution in [0, 0.1) is 5.82 Å². The molecule has 6 heteroatoms. The molecule has 2 rings (SSSR count). The van der Waals surface area contributed by atoms with Gasteiger partial charge in [-0.2, -0.15) is 5.10 Å². The van der Waals surface area contributed by atoms with Crippen LogP contribution in [0.5, 0.6) is 0 Å². The highest BCUT2D eigenvalue weighted by Gasteiger charge is 2.08. The van der Waals surface area contributed by atoms with Crippen LogP contribution < -0.4 is 11.1 Å². The lowest BCUT2D eigenvalue weighted by atomic mass is 10.1. The molecule has 1 heterocycles. The highest BCUT2D eigenvalue weighted by atomic mass is 19.1. The summed E-state index contributed by atoms with van der Waals surface area (Å²) in [5, 5.41) is 10.00. The lowest BCUT2D eigenvalue weighted by Crippen LogP contribution is -2.07. The van der Waals surface area contributed by atoms with Gasteiger partial charge in [0.25, 0.3) is 0 Å². The Morgan fingerprint density at radius 1 is 1.20 bits per heavy atom. The number of hydrogen-bond acceptors (Lipinski definition) is 4. The summed E-state index contributed by atoms with van der Waals surface area (Å²) in [6, 6.07) is 8.24. The van der Waals surface area contributed by atoms with E-state index in [0.717, 1.165) is 5.56 Å². The number of anilines is 2. The molecule has 0 bridgehead atoms. The predicted molar refractivity (Wildman–Crippen MR) is 102 cm³/mol. The van der Waals surface area contributed by atoms with Gasteiger partial charge in [-0.1, -0.05) is 52.3 Å². The number of rotatable bonds is 4. The van der Waals surface area contributed by atoms with Crippen molar-refractivity contribution >= 4 is 11.6 Å². The zero-order valence-electron chi connectivity index (χ0n) is 15.4. The number of aromatic nitrogens is 3. The summed E-state index contributed by atoms with van der Waals surface area (Å²) in [5.74, 6) is 0.861. The number of nitrogens with zero attached hydrogens (tertiary/aromatic N) is 2. The maximum absolute atomic E-state index is 13.7. The minimum absolute atomic E-state index is 0.184. The summed E-state index contributed by atoms with van der Waals surface area (Å²) < 4.78 is 13.7. The third kappa shape index (κ3) is 7.20. The summed E-state index contributed by atoms with van der Waals surface area (Å²) in [7, 11) is 0. The largest absolute Gasteiger partial charge is 0.384 e. The fourth-order valence-electron chi connectivity index (χ4n) is 1.95. The van der Waals surface area contributed by atoms with E-state index in [4.69, 9.17) is 5.73 Å². The third-order valence-corrected chi connectivity index (χ3v) is 3.15. The number of nitrogen functional groups attached to an aromatic ring is 1. The maximum Gasteiger partial charge on any atom is 0.133 e. The van der Waals surface area contributed by atoms with Crippen molar-refractivity contribution in [3.63, 3.8) is 0 Å². The number of benzene rings is 1. The van der Waals surface area contributed by atoms with E-state index in [1.165, 1.54) is 12.5 Å². The van der Waals surface area contributed by atoms with Crippen LogP contribution in [0.25, 0.3) is 0 Å². The van der Waals surface area contributed by atoms with E-state index in [9.17, 15) is 4.39 Å². The standard InChI is InChI=1S/C16H20FN5.C3H8/c1-11(2)13-10-21-20-8-7-15(18)22-16(13)19-9-12-5-3-4-6-14(12)17;1-3-2/h3-8,10-11,19-20H,9H2,1-2H3,(H2,18,22);3H2,1-2H3. The lowest BCUT2D eigenvalue weighted by Gasteiger charge is -2.12. The fourth-order valence-corrected chi connectivity index (χ4v) is 1.95. The summed E-state index contributed by atoms with van der Waals surface area (Å²) in [4.78, 5) is 4.37. The molecule has 0 atom stereocenters. The molecule has 5 nitrogen and oxygen atoms in total. The molecule has 0 fully saturated rings. The topological polar surface area (TPSA) is 79.6 Å². The van der Waals surface area contributed by atoms with Gasteiger partial charge >= 0.3 is 0 Å². The van der Waals surface area contributed by atoms with Crippen molar-refractivity contribution in [2.45, 2.75) is 46.6 Å². The number of hydrogen-bond donors (Lipinski definition) is 3. The Morgan fingerprint density at radius 2 is 1.88 bits per heavy atom. The highest BCUT2D eigenvalue weighted by molar-refractivity contribution is 5.47. The number of aromatic amines is 1. The van der Waals surface area contributed by atoms with Crippen molar-refractivity contribution < 1.29 is 4.39 Å². The molecule has 1 aromatic carbocycles. The van der Waals surface area contributed by atoms with Crippen LogP contribution in [0.15, 0.2) is 42.7 Å². The van der Waals surface area contributed by atoms with Gasteiger partial charge in [0, 0.05) is 23.9 Å². The van der Waals surface area contributed by atoms with Crippen LogP contribution in [-0.2, 0) is 6.54 Å². The Kier molecular flexibility index (Phi) is 9.00. The van der Waals surface area contributed by atoms with Gasteiger partial charge in [0.2, 0.25) is 0 Å². The molecule has 0 aliphatic carbocycles. The zero-order chi connectivity index (χ0) is 18.7. The molecule has 2 aromatic rings. The summed E-state index contributed by atoms with van der Waals surface area (Å²) in [6.45, 7) is 8.63. The molecule has 0 aliphatic heterocycles. The third-order valence-electron chi connectivity index (χ3n) is 3.15. The molecule has 0 radical (unpaired) electrons. The normalized spacial score (nSPS) is 9.84. The first-order valence-electron chi connectivity index (χ1n) is 8.50. The average Bonchev–Trinajstić information content (AvgIpc) is 2.65. The summed E-state index contributed by atoms with van der Waals surface area (Å²) >= 11 is 0. The average molecular weight is 345 g/mol. The molecule has 1 aromatic heterocycles. The van der Waals surface area contributed by atoms with Crippen LogP contribution in [0.4, 0.5) is 16.0 Å². The monoisotopic (exact) mass is 345 g/mol.